The first-order chi connectivity index (χ1) is 15.5. The van der Waals surface area contributed by atoms with E-state index in [1.54, 1.807) is 20.3 Å². The number of carbonyl (C=O) groups is 2. The van der Waals surface area contributed by atoms with Crippen LogP contribution in [0.1, 0.15) is 22.1 Å². The van der Waals surface area contributed by atoms with E-state index >= 15 is 0 Å². The van der Waals surface area contributed by atoms with Crippen LogP contribution in [0.15, 0.2) is 36.5 Å². The Morgan fingerprint density at radius 2 is 1.88 bits per heavy atom. The minimum Gasteiger partial charge on any atom is -0.493 e. The molecule has 1 atom stereocenters. The average molecular weight is 463 g/mol. The van der Waals surface area contributed by atoms with Crippen molar-refractivity contribution in [3.05, 3.63) is 52.8 Å². The summed E-state index contributed by atoms with van der Waals surface area (Å²) in [5, 5.41) is 5.87. The van der Waals surface area contributed by atoms with Crippen LogP contribution in [0.3, 0.4) is 0 Å². The van der Waals surface area contributed by atoms with E-state index in [2.05, 4.69) is 20.5 Å². The molecule has 1 aromatic heterocycles. The topological polar surface area (TPSA) is 102 Å². The van der Waals surface area contributed by atoms with Gasteiger partial charge in [-0.2, -0.15) is 0 Å². The van der Waals surface area contributed by atoms with E-state index in [1.807, 2.05) is 18.2 Å². The fourth-order valence-corrected chi connectivity index (χ4v) is 3.62. The number of carbonyl (C=O) groups excluding carboxylic acids is 2. The third-order valence-electron chi connectivity index (χ3n) is 5.14. The summed E-state index contributed by atoms with van der Waals surface area (Å²) in [5.74, 6) is 0.487. The number of benzene rings is 1. The van der Waals surface area contributed by atoms with E-state index in [9.17, 15) is 9.59 Å². The van der Waals surface area contributed by atoms with E-state index < -0.39 is 5.91 Å². The van der Waals surface area contributed by atoms with E-state index in [4.69, 9.17) is 25.8 Å². The molecule has 2 aromatic rings. The lowest BCUT2D eigenvalue weighted by Crippen LogP contribution is -2.45. The Kier molecular flexibility index (Phi) is 8.66. The Labute approximate surface area is 192 Å². The van der Waals surface area contributed by atoms with Gasteiger partial charge in [0.15, 0.2) is 11.5 Å². The maximum atomic E-state index is 12.4. The SMILES string of the molecule is COc1ccc(C(CNC(=O)CNC(=O)c2cc(Cl)ccn2)N2CCOCC2)cc1OC. The molecule has 9 nitrogen and oxygen atoms in total. The standard InChI is InChI=1S/C22H27ClN4O5/c1-30-19-4-3-15(11-20(19)31-2)18(27-7-9-32-10-8-27)13-25-21(28)14-26-22(29)17-12-16(23)5-6-24-17/h3-6,11-12,18H,7-10,13-14H2,1-2H3,(H,25,28)(H,26,29). The highest BCUT2D eigenvalue weighted by Gasteiger charge is 2.24. The van der Waals surface area contributed by atoms with E-state index in [0.29, 0.717) is 36.3 Å². The molecule has 1 aliphatic heterocycles. The van der Waals surface area contributed by atoms with Crippen molar-refractivity contribution in [1.82, 2.24) is 20.5 Å². The molecule has 0 aliphatic carbocycles. The van der Waals surface area contributed by atoms with Crippen molar-refractivity contribution in [3.63, 3.8) is 0 Å². The van der Waals surface area contributed by atoms with Gasteiger partial charge < -0.3 is 24.8 Å². The summed E-state index contributed by atoms with van der Waals surface area (Å²) in [4.78, 5) is 30.8. The second-order valence-electron chi connectivity index (χ2n) is 7.12. The number of rotatable bonds is 9. The zero-order valence-electron chi connectivity index (χ0n) is 18.1. The Hall–Kier alpha value is -2.88. The Morgan fingerprint density at radius 3 is 2.56 bits per heavy atom. The third kappa shape index (κ3) is 6.32. The molecule has 1 saturated heterocycles. The van der Waals surface area contributed by atoms with Gasteiger partial charge in [-0.1, -0.05) is 17.7 Å². The first kappa shape index (κ1) is 23.8. The van der Waals surface area contributed by atoms with Gasteiger partial charge in [-0.15, -0.1) is 0 Å². The van der Waals surface area contributed by atoms with E-state index in [-0.39, 0.29) is 24.2 Å². The number of methoxy groups -OCH3 is 2. The summed E-state index contributed by atoms with van der Waals surface area (Å²) >= 11 is 5.88. The molecule has 3 rings (SSSR count). The van der Waals surface area contributed by atoms with Gasteiger partial charge in [0.25, 0.3) is 5.91 Å². The lowest BCUT2D eigenvalue weighted by molar-refractivity contribution is -0.120. The highest BCUT2D eigenvalue weighted by atomic mass is 35.5. The van der Waals surface area contributed by atoms with Crippen LogP contribution in [0.5, 0.6) is 11.5 Å². The molecule has 0 saturated carbocycles. The summed E-state index contributed by atoms with van der Waals surface area (Å²) in [7, 11) is 3.18. The summed E-state index contributed by atoms with van der Waals surface area (Å²) in [5.41, 5.74) is 1.14. The van der Waals surface area contributed by atoms with Gasteiger partial charge in [-0.05, 0) is 29.8 Å². The fourth-order valence-electron chi connectivity index (χ4n) is 3.46. The summed E-state index contributed by atoms with van der Waals surface area (Å²) in [6.07, 6.45) is 1.44. The summed E-state index contributed by atoms with van der Waals surface area (Å²) in [6, 6.07) is 8.65. The van der Waals surface area contributed by atoms with Crippen LogP contribution in [0, 0.1) is 0 Å². The number of halogens is 1. The fraction of sp³-hybridized carbons (Fsp3) is 0.409. The van der Waals surface area contributed by atoms with Crippen LogP contribution >= 0.6 is 11.6 Å². The second-order valence-corrected chi connectivity index (χ2v) is 7.56. The molecule has 2 heterocycles. The molecule has 1 aliphatic rings. The van der Waals surface area contributed by atoms with Crippen molar-refractivity contribution in [2.75, 3.05) is 53.6 Å². The molecule has 0 spiro atoms. The second kappa shape index (κ2) is 11.7. The molecule has 2 amide bonds. The van der Waals surface area contributed by atoms with Gasteiger partial charge in [0.2, 0.25) is 5.91 Å². The van der Waals surface area contributed by atoms with Crippen LogP contribution in [-0.2, 0) is 9.53 Å². The first-order valence-electron chi connectivity index (χ1n) is 10.2. The lowest BCUT2D eigenvalue weighted by atomic mass is 10.0. The average Bonchev–Trinajstić information content (AvgIpc) is 2.83. The summed E-state index contributed by atoms with van der Waals surface area (Å²) in [6.45, 7) is 2.92. The Bertz CT molecular complexity index is 936. The van der Waals surface area contributed by atoms with Crippen LogP contribution < -0.4 is 20.1 Å². The highest BCUT2D eigenvalue weighted by Crippen LogP contribution is 2.32. The molecule has 2 N–H and O–H groups in total. The number of morpholine rings is 1. The molecule has 1 aromatic carbocycles. The van der Waals surface area contributed by atoms with E-state index in [0.717, 1.165) is 18.7 Å². The van der Waals surface area contributed by atoms with Gasteiger partial charge in [0.05, 0.1) is 40.0 Å². The number of aromatic nitrogens is 1. The van der Waals surface area contributed by atoms with Crippen molar-refractivity contribution in [1.29, 1.82) is 0 Å². The van der Waals surface area contributed by atoms with Gasteiger partial charge in [0.1, 0.15) is 5.69 Å². The Balaban J connectivity index is 1.63. The minimum absolute atomic E-state index is 0.0899. The van der Waals surface area contributed by atoms with Crippen molar-refractivity contribution in [2.24, 2.45) is 0 Å². The predicted molar refractivity (Wildman–Crippen MR) is 119 cm³/mol. The number of nitrogens with one attached hydrogen (secondary N) is 2. The molecule has 1 unspecified atom stereocenters. The molecule has 1 fully saturated rings. The number of pyridine rings is 1. The molecule has 0 radical (unpaired) electrons. The quantitative estimate of drug-likeness (QED) is 0.584. The molecule has 0 bridgehead atoms. The molecule has 172 valence electrons. The van der Waals surface area contributed by atoms with Crippen molar-refractivity contribution < 1.29 is 23.8 Å². The largest absolute Gasteiger partial charge is 0.493 e. The maximum Gasteiger partial charge on any atom is 0.270 e. The maximum absolute atomic E-state index is 12.4. The van der Waals surface area contributed by atoms with Gasteiger partial charge in [-0.25, -0.2) is 0 Å². The number of nitrogens with zero attached hydrogens (tertiary/aromatic N) is 2. The number of amides is 2. The lowest BCUT2D eigenvalue weighted by Gasteiger charge is -2.35. The first-order valence-corrected chi connectivity index (χ1v) is 10.6. The van der Waals surface area contributed by atoms with Crippen molar-refractivity contribution >= 4 is 23.4 Å². The normalized spacial score (nSPS) is 15.0. The van der Waals surface area contributed by atoms with Crippen LogP contribution in [0.2, 0.25) is 5.02 Å². The van der Waals surface area contributed by atoms with Crippen molar-refractivity contribution in [2.45, 2.75) is 6.04 Å². The molecular formula is C22H27ClN4O5. The number of hydrogen-bond donors (Lipinski definition) is 2. The zero-order chi connectivity index (χ0) is 22.9. The molecule has 10 heteroatoms. The predicted octanol–water partition coefficient (Wildman–Crippen LogP) is 1.67. The van der Waals surface area contributed by atoms with Gasteiger partial charge >= 0.3 is 0 Å². The number of ether oxygens (including phenoxy) is 3. The van der Waals surface area contributed by atoms with Crippen molar-refractivity contribution in [3.8, 4) is 11.5 Å². The minimum atomic E-state index is -0.465. The molecule has 32 heavy (non-hydrogen) atoms. The van der Waals surface area contributed by atoms with Crippen LogP contribution in [0.4, 0.5) is 0 Å². The third-order valence-corrected chi connectivity index (χ3v) is 5.37. The smallest absolute Gasteiger partial charge is 0.270 e. The number of hydrogen-bond acceptors (Lipinski definition) is 7. The highest BCUT2D eigenvalue weighted by molar-refractivity contribution is 6.30. The van der Waals surface area contributed by atoms with E-state index in [1.165, 1.54) is 12.3 Å². The van der Waals surface area contributed by atoms with Crippen LogP contribution in [0.25, 0.3) is 0 Å². The van der Waals surface area contributed by atoms with Crippen LogP contribution in [-0.4, -0.2) is 75.3 Å². The Morgan fingerprint density at radius 1 is 1.12 bits per heavy atom. The monoisotopic (exact) mass is 462 g/mol. The molecular weight excluding hydrogens is 436 g/mol. The van der Waals surface area contributed by atoms with Gasteiger partial charge in [-0.3, -0.25) is 19.5 Å². The summed E-state index contributed by atoms with van der Waals surface area (Å²) < 4.78 is 16.2. The van der Waals surface area contributed by atoms with Gasteiger partial charge in [0, 0.05) is 30.9 Å². The zero-order valence-corrected chi connectivity index (χ0v) is 18.9.